The molecule has 2 aromatic rings. The molecule has 0 aliphatic carbocycles. The van der Waals surface area contributed by atoms with Crippen LogP contribution in [-0.2, 0) is 0 Å². The van der Waals surface area contributed by atoms with Gasteiger partial charge in [-0.2, -0.15) is 0 Å². The van der Waals surface area contributed by atoms with Crippen LogP contribution in [0, 0.1) is 12.7 Å². The predicted octanol–water partition coefficient (Wildman–Crippen LogP) is 4.64. The van der Waals surface area contributed by atoms with E-state index in [4.69, 9.17) is 9.47 Å². The van der Waals surface area contributed by atoms with Crippen molar-refractivity contribution in [1.82, 2.24) is 0 Å². The van der Waals surface area contributed by atoms with Gasteiger partial charge in [0.15, 0.2) is 11.5 Å². The van der Waals surface area contributed by atoms with Crippen molar-refractivity contribution in [2.45, 2.75) is 11.8 Å². The van der Waals surface area contributed by atoms with Crippen molar-refractivity contribution >= 4 is 15.9 Å². The maximum atomic E-state index is 13.9. The molecule has 106 valence electrons. The highest BCUT2D eigenvalue weighted by Crippen LogP contribution is 2.37. The molecule has 0 aliphatic rings. The van der Waals surface area contributed by atoms with Gasteiger partial charge in [0.25, 0.3) is 0 Å². The number of halogens is 2. The van der Waals surface area contributed by atoms with Crippen LogP contribution in [0.1, 0.15) is 21.5 Å². The van der Waals surface area contributed by atoms with E-state index < -0.39 is 0 Å². The van der Waals surface area contributed by atoms with Gasteiger partial charge in [-0.15, -0.1) is 0 Å². The molecule has 20 heavy (non-hydrogen) atoms. The summed E-state index contributed by atoms with van der Waals surface area (Å²) < 4.78 is 24.4. The first-order chi connectivity index (χ1) is 9.56. The van der Waals surface area contributed by atoms with Gasteiger partial charge in [0.1, 0.15) is 5.82 Å². The van der Waals surface area contributed by atoms with Crippen LogP contribution in [0.3, 0.4) is 0 Å². The fourth-order valence-corrected chi connectivity index (χ4v) is 2.68. The maximum absolute atomic E-state index is 13.9. The maximum Gasteiger partial charge on any atom is 0.161 e. The Kier molecular flexibility index (Phi) is 4.65. The summed E-state index contributed by atoms with van der Waals surface area (Å²) in [7, 11) is 3.17. The topological polar surface area (TPSA) is 18.5 Å². The van der Waals surface area contributed by atoms with Gasteiger partial charge in [-0.3, -0.25) is 0 Å². The molecule has 0 amide bonds. The van der Waals surface area contributed by atoms with Crippen LogP contribution in [0.15, 0.2) is 36.4 Å². The number of ether oxygens (including phenoxy) is 2. The van der Waals surface area contributed by atoms with Crippen molar-refractivity contribution in [2.75, 3.05) is 14.2 Å². The molecule has 0 bridgehead atoms. The van der Waals surface area contributed by atoms with Gasteiger partial charge in [-0.05, 0) is 30.7 Å². The van der Waals surface area contributed by atoms with Crippen LogP contribution in [0.2, 0.25) is 0 Å². The van der Waals surface area contributed by atoms with E-state index in [1.807, 2.05) is 31.2 Å². The monoisotopic (exact) mass is 338 g/mol. The first kappa shape index (κ1) is 14.9. The number of alkyl halides is 1. The number of rotatable bonds is 4. The standard InChI is InChI=1S/C16H16BrFO2/c1-10-4-6-13(18)12(8-10)16(17)11-5-7-14(19-2)15(9-11)20-3/h4-9,16H,1-3H3. The second-order valence-electron chi connectivity index (χ2n) is 4.50. The summed E-state index contributed by atoms with van der Waals surface area (Å²) in [5.41, 5.74) is 2.54. The summed E-state index contributed by atoms with van der Waals surface area (Å²) in [4.78, 5) is -0.234. The molecule has 0 saturated carbocycles. The van der Waals surface area contributed by atoms with E-state index in [0.717, 1.165) is 11.1 Å². The zero-order chi connectivity index (χ0) is 14.7. The normalized spacial score (nSPS) is 12.1. The van der Waals surface area contributed by atoms with Crippen LogP contribution in [0.25, 0.3) is 0 Å². The molecule has 0 fully saturated rings. The number of hydrogen-bond acceptors (Lipinski definition) is 2. The number of aryl methyl sites for hydroxylation is 1. The van der Waals surface area contributed by atoms with Gasteiger partial charge in [0.2, 0.25) is 0 Å². The van der Waals surface area contributed by atoms with Gasteiger partial charge < -0.3 is 9.47 Å². The molecule has 4 heteroatoms. The third-order valence-electron chi connectivity index (χ3n) is 3.12. The molecule has 2 nitrogen and oxygen atoms in total. The molecule has 0 radical (unpaired) electrons. The zero-order valence-electron chi connectivity index (χ0n) is 11.6. The molecule has 0 saturated heterocycles. The average molecular weight is 339 g/mol. The Hall–Kier alpha value is -1.55. The molecule has 0 heterocycles. The van der Waals surface area contributed by atoms with E-state index in [-0.39, 0.29) is 10.6 Å². The average Bonchev–Trinajstić information content (AvgIpc) is 2.48. The Labute approximate surface area is 126 Å². The molecule has 0 aromatic heterocycles. The van der Waals surface area contributed by atoms with Crippen LogP contribution in [0.5, 0.6) is 11.5 Å². The Balaban J connectivity index is 2.42. The number of methoxy groups -OCH3 is 2. The van der Waals surface area contributed by atoms with Gasteiger partial charge in [0, 0.05) is 5.56 Å². The van der Waals surface area contributed by atoms with Crippen molar-refractivity contribution in [1.29, 1.82) is 0 Å². The van der Waals surface area contributed by atoms with Crippen molar-refractivity contribution in [3.8, 4) is 11.5 Å². The fourth-order valence-electron chi connectivity index (χ4n) is 2.05. The minimum atomic E-state index is -0.234. The van der Waals surface area contributed by atoms with Gasteiger partial charge >= 0.3 is 0 Å². The largest absolute Gasteiger partial charge is 0.493 e. The first-order valence-corrected chi connectivity index (χ1v) is 7.10. The van der Waals surface area contributed by atoms with E-state index in [0.29, 0.717) is 17.1 Å². The Morgan fingerprint density at radius 1 is 1.00 bits per heavy atom. The summed E-state index contributed by atoms with van der Waals surface area (Å²) >= 11 is 3.55. The molecule has 1 unspecified atom stereocenters. The van der Waals surface area contributed by atoms with Crippen LogP contribution in [0.4, 0.5) is 4.39 Å². The van der Waals surface area contributed by atoms with E-state index in [2.05, 4.69) is 15.9 Å². The smallest absolute Gasteiger partial charge is 0.161 e. The second-order valence-corrected chi connectivity index (χ2v) is 5.42. The third-order valence-corrected chi connectivity index (χ3v) is 4.15. The first-order valence-electron chi connectivity index (χ1n) is 6.19. The molecule has 2 aromatic carbocycles. The summed E-state index contributed by atoms with van der Waals surface area (Å²) in [6.07, 6.45) is 0. The third kappa shape index (κ3) is 2.96. The van der Waals surface area contributed by atoms with E-state index in [1.165, 1.54) is 6.07 Å². The minimum Gasteiger partial charge on any atom is -0.493 e. The summed E-state index contributed by atoms with van der Waals surface area (Å²) in [5, 5.41) is 0. The van der Waals surface area contributed by atoms with Gasteiger partial charge in [-0.25, -0.2) is 4.39 Å². The molecule has 0 N–H and O–H groups in total. The van der Waals surface area contributed by atoms with Crippen molar-refractivity contribution < 1.29 is 13.9 Å². The molecule has 0 aliphatic heterocycles. The highest BCUT2D eigenvalue weighted by molar-refractivity contribution is 9.09. The zero-order valence-corrected chi connectivity index (χ0v) is 13.2. The van der Waals surface area contributed by atoms with E-state index in [9.17, 15) is 4.39 Å². The Morgan fingerprint density at radius 2 is 1.70 bits per heavy atom. The predicted molar refractivity (Wildman–Crippen MR) is 81.5 cm³/mol. The lowest BCUT2D eigenvalue weighted by Crippen LogP contribution is -1.99. The highest BCUT2D eigenvalue weighted by Gasteiger charge is 2.17. The molecule has 1 atom stereocenters. The Morgan fingerprint density at radius 3 is 2.35 bits per heavy atom. The van der Waals surface area contributed by atoms with Crippen LogP contribution < -0.4 is 9.47 Å². The lowest BCUT2D eigenvalue weighted by atomic mass is 10.0. The molecular formula is C16H16BrFO2. The quantitative estimate of drug-likeness (QED) is 0.756. The van der Waals surface area contributed by atoms with Crippen LogP contribution >= 0.6 is 15.9 Å². The lowest BCUT2D eigenvalue weighted by molar-refractivity contribution is 0.354. The summed E-state index contributed by atoms with van der Waals surface area (Å²) in [6, 6.07) is 10.6. The molecule has 0 spiro atoms. The summed E-state index contributed by atoms with van der Waals surface area (Å²) in [6.45, 7) is 1.94. The number of hydrogen-bond donors (Lipinski definition) is 0. The highest BCUT2D eigenvalue weighted by atomic mass is 79.9. The van der Waals surface area contributed by atoms with Gasteiger partial charge in [0.05, 0.1) is 19.0 Å². The van der Waals surface area contributed by atoms with Crippen molar-refractivity contribution in [3.05, 3.63) is 58.9 Å². The second kappa shape index (κ2) is 6.27. The minimum absolute atomic E-state index is 0.229. The molecular weight excluding hydrogens is 323 g/mol. The lowest BCUT2D eigenvalue weighted by Gasteiger charge is -2.15. The van der Waals surface area contributed by atoms with E-state index in [1.54, 1.807) is 20.3 Å². The fraction of sp³-hybridized carbons (Fsp3) is 0.250. The van der Waals surface area contributed by atoms with Crippen molar-refractivity contribution in [2.24, 2.45) is 0 Å². The SMILES string of the molecule is COc1ccc(C(Br)c2cc(C)ccc2F)cc1OC. The number of benzene rings is 2. The van der Waals surface area contributed by atoms with E-state index >= 15 is 0 Å². The van der Waals surface area contributed by atoms with Gasteiger partial charge in [-0.1, -0.05) is 39.7 Å². The Bertz CT molecular complexity index is 613. The molecule has 2 rings (SSSR count). The van der Waals surface area contributed by atoms with Crippen molar-refractivity contribution in [3.63, 3.8) is 0 Å². The van der Waals surface area contributed by atoms with Crippen LogP contribution in [-0.4, -0.2) is 14.2 Å². The summed E-state index contributed by atoms with van der Waals surface area (Å²) in [5.74, 6) is 1.05.